The van der Waals surface area contributed by atoms with Gasteiger partial charge in [-0.15, -0.1) is 0 Å². The summed E-state index contributed by atoms with van der Waals surface area (Å²) in [6.45, 7) is 3.03. The molecule has 0 aliphatic heterocycles. The van der Waals surface area contributed by atoms with Gasteiger partial charge in [-0.1, -0.05) is 6.07 Å². The van der Waals surface area contributed by atoms with Crippen molar-refractivity contribution in [1.29, 1.82) is 0 Å². The fraction of sp³-hybridized carbons (Fsp3) is 0.571. The molecule has 5 heteroatoms. The lowest BCUT2D eigenvalue weighted by Crippen LogP contribution is -2.09. The van der Waals surface area contributed by atoms with E-state index < -0.39 is 0 Å². The molecule has 0 aromatic heterocycles. The fourth-order valence-corrected chi connectivity index (χ4v) is 1.60. The summed E-state index contributed by atoms with van der Waals surface area (Å²) >= 11 is 0. The Kier molecular flexibility index (Phi) is 8.33. The first-order valence-electron chi connectivity index (χ1n) is 6.34. The molecule has 19 heavy (non-hydrogen) atoms. The second-order valence-electron chi connectivity index (χ2n) is 4.11. The molecule has 0 saturated heterocycles. The Hall–Kier alpha value is -1.01. The summed E-state index contributed by atoms with van der Waals surface area (Å²) in [6.07, 6.45) is 0. The van der Waals surface area contributed by atoms with Crippen LogP contribution in [-0.2, 0) is 27.4 Å². The molecule has 4 nitrogen and oxygen atoms in total. The number of nitrogens with one attached hydrogen (secondary N) is 1. The largest absolute Gasteiger partial charge is 0.382 e. The molecule has 0 fully saturated rings. The summed E-state index contributed by atoms with van der Waals surface area (Å²) in [6, 6.07) is 5.06. The quantitative estimate of drug-likeness (QED) is 0.658. The monoisotopic (exact) mass is 271 g/mol. The van der Waals surface area contributed by atoms with Crippen molar-refractivity contribution >= 4 is 0 Å². The van der Waals surface area contributed by atoms with E-state index >= 15 is 0 Å². The minimum absolute atomic E-state index is 0.236. The Morgan fingerprint density at radius 2 is 1.84 bits per heavy atom. The lowest BCUT2D eigenvalue weighted by molar-refractivity contribution is 0.0193. The molecule has 0 radical (unpaired) electrons. The van der Waals surface area contributed by atoms with E-state index in [-0.39, 0.29) is 12.4 Å². The van der Waals surface area contributed by atoms with E-state index in [0.29, 0.717) is 38.5 Å². The van der Waals surface area contributed by atoms with Crippen LogP contribution in [0.5, 0.6) is 0 Å². The van der Waals surface area contributed by atoms with Crippen molar-refractivity contribution in [2.24, 2.45) is 0 Å². The summed E-state index contributed by atoms with van der Waals surface area (Å²) in [5.41, 5.74) is 1.61. The van der Waals surface area contributed by atoms with Crippen LogP contribution in [0.4, 0.5) is 4.39 Å². The minimum atomic E-state index is -0.236. The molecule has 0 atom stereocenters. The van der Waals surface area contributed by atoms with Gasteiger partial charge >= 0.3 is 0 Å². The van der Waals surface area contributed by atoms with Crippen LogP contribution in [0.15, 0.2) is 18.2 Å². The number of ether oxygens (including phenoxy) is 3. The molecule has 1 N–H and O–H groups in total. The number of halogens is 1. The second-order valence-corrected chi connectivity index (χ2v) is 4.11. The van der Waals surface area contributed by atoms with E-state index in [1.165, 1.54) is 6.07 Å². The summed E-state index contributed by atoms with van der Waals surface area (Å²) in [5, 5.41) is 3.03. The van der Waals surface area contributed by atoms with Crippen LogP contribution in [0.1, 0.15) is 11.1 Å². The van der Waals surface area contributed by atoms with Crippen LogP contribution < -0.4 is 5.32 Å². The molecule has 0 aliphatic rings. The zero-order valence-electron chi connectivity index (χ0n) is 11.6. The molecule has 0 unspecified atom stereocenters. The van der Waals surface area contributed by atoms with E-state index in [4.69, 9.17) is 14.2 Å². The molecule has 0 amide bonds. The standard InChI is InChI=1S/C14H22FNO3/c1-16-10-12-3-4-14(15)13(9-12)11-19-8-7-18-6-5-17-2/h3-4,9,16H,5-8,10-11H2,1-2H3. The molecule has 0 spiro atoms. The molecular formula is C14H22FNO3. The van der Waals surface area contributed by atoms with Crippen LogP contribution in [-0.4, -0.2) is 40.6 Å². The van der Waals surface area contributed by atoms with Gasteiger partial charge in [-0.05, 0) is 24.7 Å². The van der Waals surface area contributed by atoms with Crippen molar-refractivity contribution in [3.8, 4) is 0 Å². The van der Waals surface area contributed by atoms with E-state index in [9.17, 15) is 4.39 Å². The molecule has 108 valence electrons. The van der Waals surface area contributed by atoms with E-state index in [1.807, 2.05) is 13.1 Å². The molecule has 0 bridgehead atoms. The average molecular weight is 271 g/mol. The van der Waals surface area contributed by atoms with Gasteiger partial charge in [0.15, 0.2) is 0 Å². The smallest absolute Gasteiger partial charge is 0.128 e. The molecule has 0 aliphatic carbocycles. The van der Waals surface area contributed by atoms with Crippen molar-refractivity contribution in [3.63, 3.8) is 0 Å². The second kappa shape index (κ2) is 9.86. The summed E-state index contributed by atoms with van der Waals surface area (Å²) in [7, 11) is 3.48. The predicted molar refractivity (Wildman–Crippen MR) is 71.5 cm³/mol. The average Bonchev–Trinajstić information content (AvgIpc) is 2.41. The van der Waals surface area contributed by atoms with Crippen molar-refractivity contribution in [2.45, 2.75) is 13.2 Å². The highest BCUT2D eigenvalue weighted by Crippen LogP contribution is 2.11. The third-order valence-electron chi connectivity index (χ3n) is 2.55. The maximum absolute atomic E-state index is 13.5. The highest BCUT2D eigenvalue weighted by molar-refractivity contribution is 5.24. The van der Waals surface area contributed by atoms with Gasteiger partial charge in [-0.2, -0.15) is 0 Å². The number of benzene rings is 1. The van der Waals surface area contributed by atoms with Crippen LogP contribution in [0.3, 0.4) is 0 Å². The Morgan fingerprint density at radius 1 is 1.11 bits per heavy atom. The zero-order chi connectivity index (χ0) is 13.9. The Bertz CT molecular complexity index is 361. The number of hydrogen-bond acceptors (Lipinski definition) is 4. The Morgan fingerprint density at radius 3 is 2.58 bits per heavy atom. The molecule has 1 aromatic rings. The van der Waals surface area contributed by atoms with Gasteiger partial charge in [-0.25, -0.2) is 4.39 Å². The lowest BCUT2D eigenvalue weighted by Gasteiger charge is -2.08. The van der Waals surface area contributed by atoms with Gasteiger partial charge in [0, 0.05) is 19.2 Å². The zero-order valence-corrected chi connectivity index (χ0v) is 11.6. The Labute approximate surface area is 113 Å². The van der Waals surface area contributed by atoms with Gasteiger partial charge in [0.05, 0.1) is 33.0 Å². The van der Waals surface area contributed by atoms with Crippen LogP contribution in [0.25, 0.3) is 0 Å². The third kappa shape index (κ3) is 6.63. The van der Waals surface area contributed by atoms with Gasteiger partial charge in [0.25, 0.3) is 0 Å². The molecule has 0 heterocycles. The normalized spacial score (nSPS) is 10.9. The predicted octanol–water partition coefficient (Wildman–Crippen LogP) is 1.72. The van der Waals surface area contributed by atoms with Crippen molar-refractivity contribution in [2.75, 3.05) is 40.6 Å². The highest BCUT2D eigenvalue weighted by atomic mass is 19.1. The first kappa shape index (κ1) is 16.0. The number of rotatable bonds is 10. The summed E-state index contributed by atoms with van der Waals surface area (Å²) in [4.78, 5) is 0. The van der Waals surface area contributed by atoms with Crippen molar-refractivity contribution in [3.05, 3.63) is 35.1 Å². The molecule has 1 aromatic carbocycles. The number of methoxy groups -OCH3 is 1. The fourth-order valence-electron chi connectivity index (χ4n) is 1.60. The van der Waals surface area contributed by atoms with Gasteiger partial charge in [-0.3, -0.25) is 0 Å². The number of hydrogen-bond donors (Lipinski definition) is 1. The van der Waals surface area contributed by atoms with E-state index in [0.717, 1.165) is 5.56 Å². The van der Waals surface area contributed by atoms with Gasteiger partial charge < -0.3 is 19.5 Å². The maximum atomic E-state index is 13.5. The van der Waals surface area contributed by atoms with E-state index in [1.54, 1.807) is 13.2 Å². The van der Waals surface area contributed by atoms with Crippen LogP contribution in [0.2, 0.25) is 0 Å². The Balaban J connectivity index is 2.26. The summed E-state index contributed by atoms with van der Waals surface area (Å²) in [5.74, 6) is -0.236. The highest BCUT2D eigenvalue weighted by Gasteiger charge is 2.03. The maximum Gasteiger partial charge on any atom is 0.128 e. The first-order chi connectivity index (χ1) is 9.27. The third-order valence-corrected chi connectivity index (χ3v) is 2.55. The molecule has 1 rings (SSSR count). The van der Waals surface area contributed by atoms with Crippen molar-refractivity contribution < 1.29 is 18.6 Å². The molecular weight excluding hydrogens is 249 g/mol. The topological polar surface area (TPSA) is 39.7 Å². The first-order valence-corrected chi connectivity index (χ1v) is 6.34. The van der Waals surface area contributed by atoms with Crippen LogP contribution >= 0.6 is 0 Å². The van der Waals surface area contributed by atoms with Crippen LogP contribution in [0, 0.1) is 5.82 Å². The summed E-state index contributed by atoms with van der Waals surface area (Å²) < 4.78 is 29.0. The lowest BCUT2D eigenvalue weighted by atomic mass is 10.1. The van der Waals surface area contributed by atoms with Gasteiger partial charge in [0.1, 0.15) is 5.82 Å². The SMILES string of the molecule is CNCc1ccc(F)c(COCCOCCOC)c1. The van der Waals surface area contributed by atoms with E-state index in [2.05, 4.69) is 5.32 Å². The molecule has 0 saturated carbocycles. The van der Waals surface area contributed by atoms with Crippen molar-refractivity contribution in [1.82, 2.24) is 5.32 Å². The van der Waals surface area contributed by atoms with Gasteiger partial charge in [0.2, 0.25) is 0 Å². The minimum Gasteiger partial charge on any atom is -0.382 e.